The molecule has 1 atom stereocenters. The first-order valence-corrected chi connectivity index (χ1v) is 7.92. The molecule has 6 heteroatoms. The van der Waals surface area contributed by atoms with Crippen molar-refractivity contribution in [2.75, 3.05) is 13.1 Å². The third-order valence-electron chi connectivity index (χ3n) is 4.19. The molecule has 118 valence electrons. The summed E-state index contributed by atoms with van der Waals surface area (Å²) < 4.78 is 10.5. The van der Waals surface area contributed by atoms with Crippen molar-refractivity contribution in [3.05, 3.63) is 53.7 Å². The second kappa shape index (κ2) is 6.34. The summed E-state index contributed by atoms with van der Waals surface area (Å²) in [7, 11) is 0. The first-order valence-electron chi connectivity index (χ1n) is 7.92. The van der Waals surface area contributed by atoms with Crippen LogP contribution in [0.3, 0.4) is 0 Å². The predicted molar refractivity (Wildman–Crippen MR) is 83.9 cm³/mol. The van der Waals surface area contributed by atoms with E-state index in [1.807, 2.05) is 6.07 Å². The molecule has 0 spiro atoms. The summed E-state index contributed by atoms with van der Waals surface area (Å²) in [6.45, 7) is 2.15. The van der Waals surface area contributed by atoms with E-state index in [9.17, 15) is 0 Å². The lowest BCUT2D eigenvalue weighted by atomic mass is 9.91. The highest BCUT2D eigenvalue weighted by Gasteiger charge is 2.17. The number of aromatic nitrogens is 3. The number of rotatable bonds is 4. The molecule has 6 nitrogen and oxygen atoms in total. The molecule has 1 N–H and O–H groups in total. The van der Waals surface area contributed by atoms with Gasteiger partial charge in [0.25, 0.3) is 5.89 Å². The fourth-order valence-corrected chi connectivity index (χ4v) is 2.99. The van der Waals surface area contributed by atoms with Crippen molar-refractivity contribution in [2.24, 2.45) is 0 Å². The van der Waals surface area contributed by atoms with Crippen LogP contribution in [0.1, 0.15) is 35.9 Å². The molecule has 0 aliphatic carbocycles. The number of hydrogen-bond donors (Lipinski definition) is 1. The van der Waals surface area contributed by atoms with Crippen LogP contribution < -0.4 is 5.32 Å². The Labute approximate surface area is 133 Å². The number of piperidine rings is 1. The van der Waals surface area contributed by atoms with E-state index in [1.54, 1.807) is 12.3 Å². The lowest BCUT2D eigenvalue weighted by Gasteiger charge is -2.23. The minimum atomic E-state index is 0.482. The molecule has 1 aliphatic heterocycles. The molecule has 2 aromatic heterocycles. The number of nitrogens with one attached hydrogen (secondary N) is 1. The molecule has 1 unspecified atom stereocenters. The predicted octanol–water partition coefficient (Wildman–Crippen LogP) is 2.78. The molecule has 1 saturated heterocycles. The maximum Gasteiger partial charge on any atom is 0.257 e. The summed E-state index contributed by atoms with van der Waals surface area (Å²) in [5, 5.41) is 11.2. The standard InChI is InChI=1S/C17H18N4O2/c1-3-12(14-5-2-7-18-11-14)9-13(4-1)17-20-16(21-23-17)10-15-6-8-19-22-15/h1,3-4,6,8-9,14,18H,2,5,7,10-11H2. The van der Waals surface area contributed by atoms with Gasteiger partial charge in [0.1, 0.15) is 5.76 Å². The summed E-state index contributed by atoms with van der Waals surface area (Å²) in [6, 6.07) is 10.2. The summed E-state index contributed by atoms with van der Waals surface area (Å²) in [5.41, 5.74) is 2.29. The van der Waals surface area contributed by atoms with Crippen LogP contribution in [0.15, 0.2) is 45.6 Å². The minimum Gasteiger partial charge on any atom is -0.361 e. The molecular formula is C17H18N4O2. The molecule has 1 aliphatic rings. The zero-order chi connectivity index (χ0) is 15.5. The fraction of sp³-hybridized carbons (Fsp3) is 0.353. The molecule has 0 amide bonds. The van der Waals surface area contributed by atoms with E-state index < -0.39 is 0 Å². The third kappa shape index (κ3) is 3.17. The summed E-state index contributed by atoms with van der Waals surface area (Å²) >= 11 is 0. The van der Waals surface area contributed by atoms with Crippen LogP contribution in [0.2, 0.25) is 0 Å². The van der Waals surface area contributed by atoms with Crippen molar-refractivity contribution in [1.29, 1.82) is 0 Å². The van der Waals surface area contributed by atoms with Gasteiger partial charge in [0.15, 0.2) is 5.82 Å². The summed E-state index contributed by atoms with van der Waals surface area (Å²) in [4.78, 5) is 4.46. The molecular weight excluding hydrogens is 292 g/mol. The van der Waals surface area contributed by atoms with E-state index in [2.05, 4.69) is 38.8 Å². The molecule has 3 heterocycles. The molecule has 0 saturated carbocycles. The monoisotopic (exact) mass is 310 g/mol. The van der Waals surface area contributed by atoms with Crippen molar-refractivity contribution < 1.29 is 9.05 Å². The second-order valence-corrected chi connectivity index (χ2v) is 5.84. The average molecular weight is 310 g/mol. The first kappa shape index (κ1) is 14.1. The van der Waals surface area contributed by atoms with Crippen LogP contribution in [-0.4, -0.2) is 28.4 Å². The molecule has 0 radical (unpaired) electrons. The smallest absolute Gasteiger partial charge is 0.257 e. The van der Waals surface area contributed by atoms with E-state index in [-0.39, 0.29) is 0 Å². The van der Waals surface area contributed by atoms with Gasteiger partial charge >= 0.3 is 0 Å². The molecule has 1 aromatic carbocycles. The largest absolute Gasteiger partial charge is 0.361 e. The Kier molecular flexibility index (Phi) is 3.90. The zero-order valence-corrected chi connectivity index (χ0v) is 12.7. The SMILES string of the molecule is c1cc(-c2nc(Cc3ccno3)no2)cc(C2CCCNC2)c1. The van der Waals surface area contributed by atoms with Crippen LogP contribution >= 0.6 is 0 Å². The Morgan fingerprint density at radius 2 is 2.22 bits per heavy atom. The van der Waals surface area contributed by atoms with Crippen LogP contribution in [0.4, 0.5) is 0 Å². The van der Waals surface area contributed by atoms with Crippen molar-refractivity contribution in [3.63, 3.8) is 0 Å². The molecule has 1 fully saturated rings. The Morgan fingerprint density at radius 3 is 3.04 bits per heavy atom. The van der Waals surface area contributed by atoms with Gasteiger partial charge in [-0.2, -0.15) is 4.98 Å². The number of hydrogen-bond acceptors (Lipinski definition) is 6. The van der Waals surface area contributed by atoms with Crippen LogP contribution in [0, 0.1) is 0 Å². The van der Waals surface area contributed by atoms with Crippen molar-refractivity contribution >= 4 is 0 Å². The Morgan fingerprint density at radius 1 is 1.22 bits per heavy atom. The normalized spacial score (nSPS) is 18.2. The Balaban J connectivity index is 1.54. The van der Waals surface area contributed by atoms with Crippen LogP contribution in [0.25, 0.3) is 11.5 Å². The Hall–Kier alpha value is -2.47. The molecule has 3 aromatic rings. The van der Waals surface area contributed by atoms with E-state index in [0.29, 0.717) is 24.1 Å². The fourth-order valence-electron chi connectivity index (χ4n) is 2.99. The summed E-state index contributed by atoms with van der Waals surface area (Å²) in [6.07, 6.45) is 4.53. The van der Waals surface area contributed by atoms with Crippen molar-refractivity contribution in [2.45, 2.75) is 25.2 Å². The zero-order valence-electron chi connectivity index (χ0n) is 12.7. The van der Waals surface area contributed by atoms with Gasteiger partial charge in [0, 0.05) is 18.2 Å². The van der Waals surface area contributed by atoms with Gasteiger partial charge < -0.3 is 14.4 Å². The number of benzene rings is 1. The van der Waals surface area contributed by atoms with Gasteiger partial charge in [-0.05, 0) is 43.0 Å². The highest BCUT2D eigenvalue weighted by molar-refractivity contribution is 5.54. The van der Waals surface area contributed by atoms with Gasteiger partial charge in [-0.25, -0.2) is 0 Å². The second-order valence-electron chi connectivity index (χ2n) is 5.84. The van der Waals surface area contributed by atoms with Gasteiger partial charge in [-0.15, -0.1) is 0 Å². The third-order valence-corrected chi connectivity index (χ3v) is 4.19. The topological polar surface area (TPSA) is 77.0 Å². The van der Waals surface area contributed by atoms with E-state index in [1.165, 1.54) is 18.4 Å². The van der Waals surface area contributed by atoms with Gasteiger partial charge in [0.05, 0.1) is 12.6 Å². The van der Waals surface area contributed by atoms with Gasteiger partial charge in [-0.1, -0.05) is 22.4 Å². The highest BCUT2D eigenvalue weighted by atomic mass is 16.5. The van der Waals surface area contributed by atoms with Gasteiger partial charge in [0.2, 0.25) is 0 Å². The average Bonchev–Trinajstić information content (AvgIpc) is 3.28. The quantitative estimate of drug-likeness (QED) is 0.798. The minimum absolute atomic E-state index is 0.482. The van der Waals surface area contributed by atoms with E-state index in [4.69, 9.17) is 9.05 Å². The lowest BCUT2D eigenvalue weighted by Crippen LogP contribution is -2.28. The highest BCUT2D eigenvalue weighted by Crippen LogP contribution is 2.27. The van der Waals surface area contributed by atoms with E-state index in [0.717, 1.165) is 24.4 Å². The molecule has 4 rings (SSSR count). The molecule has 23 heavy (non-hydrogen) atoms. The lowest BCUT2D eigenvalue weighted by molar-refractivity contribution is 0.382. The maximum atomic E-state index is 5.40. The Bertz CT molecular complexity index is 761. The van der Waals surface area contributed by atoms with Crippen molar-refractivity contribution in [3.8, 4) is 11.5 Å². The maximum absolute atomic E-state index is 5.40. The van der Waals surface area contributed by atoms with E-state index >= 15 is 0 Å². The molecule has 0 bridgehead atoms. The first-order chi connectivity index (χ1) is 11.4. The van der Waals surface area contributed by atoms with Gasteiger partial charge in [-0.3, -0.25) is 0 Å². The number of nitrogens with zero attached hydrogens (tertiary/aromatic N) is 3. The van der Waals surface area contributed by atoms with Crippen LogP contribution in [0.5, 0.6) is 0 Å². The van der Waals surface area contributed by atoms with Crippen LogP contribution in [-0.2, 0) is 6.42 Å². The summed E-state index contributed by atoms with van der Waals surface area (Å²) in [5.74, 6) is 2.42. The van der Waals surface area contributed by atoms with Crippen molar-refractivity contribution in [1.82, 2.24) is 20.6 Å².